The van der Waals surface area contributed by atoms with Crippen LogP contribution in [0.15, 0.2) is 73.3 Å². The number of anilines is 2. The highest BCUT2D eigenvalue weighted by Crippen LogP contribution is 2.34. The first-order valence-electron chi connectivity index (χ1n) is 9.87. The fraction of sp³-hybridized carbons (Fsp3) is 0.160. The lowest BCUT2D eigenvalue weighted by molar-refractivity contribution is -0.138. The summed E-state index contributed by atoms with van der Waals surface area (Å²) in [6.45, 7) is 7.90. The van der Waals surface area contributed by atoms with Crippen molar-refractivity contribution in [3.8, 4) is 0 Å². The number of halogens is 3. The van der Waals surface area contributed by atoms with Crippen molar-refractivity contribution in [2.45, 2.75) is 26.6 Å². The standard InChI is InChI=1S/C25H22F3N3/c1-16(2)18-10-13-23-22(14-18)30-24(29-20-11-8-17(3)9-12-20)31(23)15-19-6-4-5-7-21(19)25(26,27)28/h4-14H,1,15H2,2-3H3,(H,29,30). The van der Waals surface area contributed by atoms with Crippen molar-refractivity contribution in [2.24, 2.45) is 0 Å². The Hall–Kier alpha value is -3.54. The van der Waals surface area contributed by atoms with Crippen molar-refractivity contribution >= 4 is 28.2 Å². The third-order valence-corrected chi connectivity index (χ3v) is 5.20. The number of aryl methyl sites for hydroxylation is 1. The fourth-order valence-electron chi connectivity index (χ4n) is 3.52. The van der Waals surface area contributed by atoms with Gasteiger partial charge in [0.1, 0.15) is 0 Å². The monoisotopic (exact) mass is 421 g/mol. The Morgan fingerprint density at radius 1 is 1.03 bits per heavy atom. The van der Waals surface area contributed by atoms with Crippen LogP contribution in [0.3, 0.4) is 0 Å². The highest BCUT2D eigenvalue weighted by molar-refractivity contribution is 5.83. The number of imidazole rings is 1. The maximum Gasteiger partial charge on any atom is 0.416 e. The van der Waals surface area contributed by atoms with E-state index in [0.29, 0.717) is 11.5 Å². The number of hydrogen-bond donors (Lipinski definition) is 1. The van der Waals surface area contributed by atoms with E-state index in [0.717, 1.165) is 34.0 Å². The van der Waals surface area contributed by atoms with Crippen LogP contribution >= 0.6 is 0 Å². The molecule has 1 heterocycles. The lowest BCUT2D eigenvalue weighted by Gasteiger charge is -2.16. The van der Waals surface area contributed by atoms with Gasteiger partial charge in [-0.3, -0.25) is 0 Å². The lowest BCUT2D eigenvalue weighted by atomic mass is 10.1. The van der Waals surface area contributed by atoms with Gasteiger partial charge in [0.15, 0.2) is 0 Å². The molecule has 0 radical (unpaired) electrons. The number of nitrogens with zero attached hydrogens (tertiary/aromatic N) is 2. The molecule has 3 aromatic carbocycles. The largest absolute Gasteiger partial charge is 0.416 e. The molecule has 0 unspecified atom stereocenters. The zero-order valence-corrected chi connectivity index (χ0v) is 17.3. The molecule has 0 amide bonds. The third-order valence-electron chi connectivity index (χ3n) is 5.20. The third kappa shape index (κ3) is 4.33. The van der Waals surface area contributed by atoms with Crippen LogP contribution in [-0.2, 0) is 12.7 Å². The highest BCUT2D eigenvalue weighted by Gasteiger charge is 2.33. The van der Waals surface area contributed by atoms with Crippen LogP contribution in [0.25, 0.3) is 16.6 Å². The molecule has 1 aromatic heterocycles. The minimum atomic E-state index is -4.43. The molecule has 1 N–H and O–H groups in total. The Morgan fingerprint density at radius 2 is 1.74 bits per heavy atom. The van der Waals surface area contributed by atoms with Crippen LogP contribution in [0.1, 0.15) is 29.2 Å². The summed E-state index contributed by atoms with van der Waals surface area (Å²) in [5.74, 6) is 0.481. The van der Waals surface area contributed by atoms with E-state index in [1.54, 1.807) is 10.6 Å². The molecule has 0 atom stereocenters. The smallest absolute Gasteiger partial charge is 0.326 e. The van der Waals surface area contributed by atoms with Gasteiger partial charge in [0.05, 0.1) is 23.1 Å². The van der Waals surface area contributed by atoms with Gasteiger partial charge in [0, 0.05) is 5.69 Å². The average molecular weight is 421 g/mol. The maximum absolute atomic E-state index is 13.6. The summed E-state index contributed by atoms with van der Waals surface area (Å²) in [6, 6.07) is 19.1. The van der Waals surface area contributed by atoms with Gasteiger partial charge in [-0.2, -0.15) is 13.2 Å². The van der Waals surface area contributed by atoms with E-state index in [9.17, 15) is 13.2 Å². The summed E-state index contributed by atoms with van der Waals surface area (Å²) in [5.41, 5.74) is 4.75. The summed E-state index contributed by atoms with van der Waals surface area (Å²) < 4.78 is 42.5. The van der Waals surface area contributed by atoms with Crippen molar-refractivity contribution in [1.82, 2.24) is 9.55 Å². The van der Waals surface area contributed by atoms with Gasteiger partial charge in [-0.15, -0.1) is 0 Å². The molecular formula is C25H22F3N3. The second kappa shape index (κ2) is 7.95. The molecular weight excluding hydrogens is 399 g/mol. The predicted octanol–water partition coefficient (Wildman–Crippen LogP) is 7.19. The van der Waals surface area contributed by atoms with Crippen molar-refractivity contribution < 1.29 is 13.2 Å². The molecule has 0 fully saturated rings. The molecule has 0 bridgehead atoms. The fourth-order valence-corrected chi connectivity index (χ4v) is 3.52. The normalized spacial score (nSPS) is 11.6. The lowest BCUT2D eigenvalue weighted by Crippen LogP contribution is -2.12. The van der Waals surface area contributed by atoms with E-state index in [2.05, 4.69) is 11.9 Å². The molecule has 0 aliphatic heterocycles. The van der Waals surface area contributed by atoms with E-state index < -0.39 is 11.7 Å². The SMILES string of the molecule is C=C(C)c1ccc2c(c1)nc(Nc1ccc(C)cc1)n2Cc1ccccc1C(F)(F)F. The molecule has 31 heavy (non-hydrogen) atoms. The van der Waals surface area contributed by atoms with E-state index >= 15 is 0 Å². The Labute approximate surface area is 178 Å². The molecule has 158 valence electrons. The number of benzene rings is 3. The highest BCUT2D eigenvalue weighted by atomic mass is 19.4. The first-order valence-corrected chi connectivity index (χ1v) is 9.87. The predicted molar refractivity (Wildman–Crippen MR) is 119 cm³/mol. The number of aromatic nitrogens is 2. The van der Waals surface area contributed by atoms with Crippen LogP contribution in [0, 0.1) is 6.92 Å². The Bertz CT molecular complexity index is 1250. The Balaban J connectivity index is 1.84. The number of alkyl halides is 3. The number of rotatable bonds is 5. The second-order valence-corrected chi connectivity index (χ2v) is 7.65. The minimum Gasteiger partial charge on any atom is -0.326 e. The molecule has 4 aromatic rings. The molecule has 6 heteroatoms. The van der Waals surface area contributed by atoms with Crippen LogP contribution in [0.2, 0.25) is 0 Å². The molecule has 0 saturated carbocycles. The van der Waals surface area contributed by atoms with E-state index in [4.69, 9.17) is 4.98 Å². The topological polar surface area (TPSA) is 29.9 Å². The van der Waals surface area contributed by atoms with Crippen LogP contribution in [0.4, 0.5) is 24.8 Å². The number of allylic oxidation sites excluding steroid dienone is 1. The molecule has 0 spiro atoms. The van der Waals surface area contributed by atoms with E-state index in [1.807, 2.05) is 56.3 Å². The van der Waals surface area contributed by atoms with Gasteiger partial charge >= 0.3 is 6.18 Å². The van der Waals surface area contributed by atoms with Crippen molar-refractivity contribution in [2.75, 3.05) is 5.32 Å². The Kier molecular flexibility index (Phi) is 5.31. The zero-order valence-electron chi connectivity index (χ0n) is 17.3. The minimum absolute atomic E-state index is 0.0345. The summed E-state index contributed by atoms with van der Waals surface area (Å²) in [7, 11) is 0. The Morgan fingerprint density at radius 3 is 2.42 bits per heavy atom. The van der Waals surface area contributed by atoms with Gasteiger partial charge in [0.2, 0.25) is 5.95 Å². The molecule has 3 nitrogen and oxygen atoms in total. The van der Waals surface area contributed by atoms with Crippen molar-refractivity contribution in [1.29, 1.82) is 0 Å². The summed E-state index contributed by atoms with van der Waals surface area (Å²) >= 11 is 0. The first-order chi connectivity index (χ1) is 14.7. The quantitative estimate of drug-likeness (QED) is 0.370. The zero-order chi connectivity index (χ0) is 22.2. The number of nitrogens with one attached hydrogen (secondary N) is 1. The summed E-state index contributed by atoms with van der Waals surface area (Å²) in [5, 5.41) is 3.26. The van der Waals surface area contributed by atoms with Gasteiger partial charge in [-0.1, -0.05) is 54.1 Å². The second-order valence-electron chi connectivity index (χ2n) is 7.65. The van der Waals surface area contributed by atoms with Crippen LogP contribution in [0.5, 0.6) is 0 Å². The first kappa shape index (κ1) is 20.7. The summed E-state index contributed by atoms with van der Waals surface area (Å²) in [4.78, 5) is 4.69. The number of hydrogen-bond acceptors (Lipinski definition) is 2. The van der Waals surface area contributed by atoms with E-state index in [-0.39, 0.29) is 12.1 Å². The van der Waals surface area contributed by atoms with Crippen molar-refractivity contribution in [3.63, 3.8) is 0 Å². The van der Waals surface area contributed by atoms with Crippen LogP contribution in [-0.4, -0.2) is 9.55 Å². The van der Waals surface area contributed by atoms with Gasteiger partial charge in [-0.05, 0) is 55.3 Å². The van der Waals surface area contributed by atoms with Crippen LogP contribution < -0.4 is 5.32 Å². The van der Waals surface area contributed by atoms with Gasteiger partial charge < -0.3 is 9.88 Å². The average Bonchev–Trinajstić information content (AvgIpc) is 3.05. The maximum atomic E-state index is 13.6. The molecule has 0 aliphatic carbocycles. The molecule has 0 aliphatic rings. The van der Waals surface area contributed by atoms with Gasteiger partial charge in [-0.25, -0.2) is 4.98 Å². The summed E-state index contributed by atoms with van der Waals surface area (Å²) in [6.07, 6.45) is -4.43. The molecule has 0 saturated heterocycles. The van der Waals surface area contributed by atoms with Gasteiger partial charge in [0.25, 0.3) is 0 Å². The van der Waals surface area contributed by atoms with E-state index in [1.165, 1.54) is 12.1 Å². The van der Waals surface area contributed by atoms with Crippen molar-refractivity contribution in [3.05, 3.63) is 95.6 Å². The number of fused-ring (bicyclic) bond motifs is 1. The molecule has 4 rings (SSSR count).